The molecule has 0 spiro atoms. The van der Waals surface area contributed by atoms with Gasteiger partial charge in [-0.15, -0.1) is 0 Å². The molecule has 0 aliphatic carbocycles. The smallest absolute Gasteiger partial charge is 0.294 e. The van der Waals surface area contributed by atoms with Crippen LogP contribution >= 0.6 is 0 Å². The molecule has 0 fully saturated rings. The molecule has 0 unspecified atom stereocenters. The summed E-state index contributed by atoms with van der Waals surface area (Å²) in [4.78, 5) is 0. The molecular weight excluding hydrogens is 212 g/mol. The summed E-state index contributed by atoms with van der Waals surface area (Å²) < 4.78 is 11.7. The van der Waals surface area contributed by atoms with E-state index in [2.05, 4.69) is 39.3 Å². The Morgan fingerprint density at radius 2 is 0.846 bits per heavy atom. The minimum Gasteiger partial charge on any atom is -0.402 e. The van der Waals surface area contributed by atoms with E-state index in [1.165, 1.54) is 0 Å². The third-order valence-corrected chi connectivity index (χ3v) is 35.4. The molecular formula is C8H24O2Si3. The van der Waals surface area contributed by atoms with E-state index in [-0.39, 0.29) is 0 Å². The fourth-order valence-electron chi connectivity index (χ4n) is 2.43. The van der Waals surface area contributed by atoms with Gasteiger partial charge in [0.05, 0.1) is 0 Å². The summed E-state index contributed by atoms with van der Waals surface area (Å²) in [5, 5.41) is 0. The van der Waals surface area contributed by atoms with Gasteiger partial charge < -0.3 is 8.85 Å². The van der Waals surface area contributed by atoms with Gasteiger partial charge in [-0.3, -0.25) is 0 Å². The van der Waals surface area contributed by atoms with E-state index in [4.69, 9.17) is 8.85 Å². The summed E-state index contributed by atoms with van der Waals surface area (Å²) >= 11 is 0. The largest absolute Gasteiger partial charge is 0.402 e. The Hall–Kier alpha value is 0.571. The quantitative estimate of drug-likeness (QED) is 0.699. The molecule has 0 aliphatic rings. The zero-order valence-electron chi connectivity index (χ0n) is 10.3. The van der Waals surface area contributed by atoms with Gasteiger partial charge in [0.2, 0.25) is 0 Å². The van der Waals surface area contributed by atoms with Crippen LogP contribution in [-0.4, -0.2) is 37.0 Å². The molecule has 0 rings (SSSR count). The van der Waals surface area contributed by atoms with Gasteiger partial charge in [0, 0.05) is 14.2 Å². The fourth-order valence-corrected chi connectivity index (χ4v) is 41.6. The van der Waals surface area contributed by atoms with E-state index in [1.807, 2.05) is 14.2 Å². The van der Waals surface area contributed by atoms with Gasteiger partial charge in [-0.25, -0.2) is 0 Å². The van der Waals surface area contributed by atoms with Crippen molar-refractivity contribution in [3.63, 3.8) is 0 Å². The molecule has 0 aromatic rings. The first-order valence-electron chi connectivity index (χ1n) is 4.72. The fraction of sp³-hybridized carbons (Fsp3) is 1.00. The Morgan fingerprint density at radius 1 is 0.615 bits per heavy atom. The zero-order valence-corrected chi connectivity index (χ0v) is 13.3. The highest BCUT2D eigenvalue weighted by Crippen LogP contribution is 2.29. The van der Waals surface area contributed by atoms with Crippen LogP contribution in [0, 0.1) is 0 Å². The lowest BCUT2D eigenvalue weighted by Gasteiger charge is -2.45. The molecule has 0 aromatic heterocycles. The SMILES string of the molecule is CO[Si](OC)([Si](C)(C)C)[Si](C)(C)C. The molecule has 0 amide bonds. The summed E-state index contributed by atoms with van der Waals surface area (Å²) in [5.41, 5.74) is 0. The monoisotopic (exact) mass is 236 g/mol. The summed E-state index contributed by atoms with van der Waals surface area (Å²) in [6, 6.07) is 0. The van der Waals surface area contributed by atoms with E-state index in [0.29, 0.717) is 0 Å². The minimum atomic E-state index is -1.87. The van der Waals surface area contributed by atoms with Crippen molar-refractivity contribution >= 4 is 22.8 Å². The first-order chi connectivity index (χ1) is 5.62. The van der Waals surface area contributed by atoms with Gasteiger partial charge in [-0.05, 0) is 0 Å². The van der Waals surface area contributed by atoms with Crippen LogP contribution in [0.1, 0.15) is 0 Å². The average Bonchev–Trinajstić information content (AvgIpc) is 1.84. The molecule has 5 heteroatoms. The van der Waals surface area contributed by atoms with Gasteiger partial charge in [0.25, 0.3) is 7.60 Å². The van der Waals surface area contributed by atoms with Crippen LogP contribution in [0.2, 0.25) is 39.3 Å². The second kappa shape index (κ2) is 3.98. The standard InChI is InChI=1S/C8H24O2Si3/c1-9-13(10-2,11(3,4)5)12(6,7)8/h1-8H3. The van der Waals surface area contributed by atoms with E-state index < -0.39 is 22.8 Å². The Balaban J connectivity index is 5.17. The van der Waals surface area contributed by atoms with Crippen molar-refractivity contribution in [2.45, 2.75) is 39.3 Å². The molecule has 0 bridgehead atoms. The topological polar surface area (TPSA) is 18.5 Å². The number of hydrogen-bond donors (Lipinski definition) is 0. The molecule has 0 aliphatic heterocycles. The molecule has 0 aromatic carbocycles. The first kappa shape index (κ1) is 13.6. The summed E-state index contributed by atoms with van der Waals surface area (Å²) in [5.74, 6) is 0. The Kier molecular flexibility index (Phi) is 4.15. The van der Waals surface area contributed by atoms with Gasteiger partial charge in [-0.2, -0.15) is 0 Å². The van der Waals surface area contributed by atoms with Crippen LogP contribution in [-0.2, 0) is 8.85 Å². The molecule has 13 heavy (non-hydrogen) atoms. The highest BCUT2D eigenvalue weighted by Gasteiger charge is 2.58. The zero-order chi connectivity index (χ0) is 10.9. The van der Waals surface area contributed by atoms with E-state index in [9.17, 15) is 0 Å². The average molecular weight is 237 g/mol. The Labute approximate surface area is 85.5 Å². The maximum atomic E-state index is 5.86. The van der Waals surface area contributed by atoms with Crippen LogP contribution in [0.3, 0.4) is 0 Å². The van der Waals surface area contributed by atoms with Crippen LogP contribution in [0.4, 0.5) is 0 Å². The minimum absolute atomic E-state index is 1.32. The molecule has 0 saturated carbocycles. The van der Waals surface area contributed by atoms with Crippen molar-refractivity contribution in [3.8, 4) is 0 Å². The van der Waals surface area contributed by atoms with E-state index >= 15 is 0 Å². The van der Waals surface area contributed by atoms with Gasteiger partial charge in [-0.1, -0.05) is 39.3 Å². The highest BCUT2D eigenvalue weighted by molar-refractivity contribution is 7.64. The van der Waals surface area contributed by atoms with Crippen molar-refractivity contribution < 1.29 is 8.85 Å². The first-order valence-corrected chi connectivity index (χ1v) is 15.5. The molecule has 0 heterocycles. The number of rotatable bonds is 4. The lowest BCUT2D eigenvalue weighted by atomic mass is 11.8. The number of hydrogen-bond acceptors (Lipinski definition) is 2. The van der Waals surface area contributed by atoms with E-state index in [0.717, 1.165) is 0 Å². The lowest BCUT2D eigenvalue weighted by molar-refractivity contribution is 0.281. The lowest BCUT2D eigenvalue weighted by Crippen LogP contribution is -2.74. The van der Waals surface area contributed by atoms with Crippen LogP contribution < -0.4 is 0 Å². The summed E-state index contributed by atoms with van der Waals surface area (Å²) in [7, 11) is -0.822. The van der Waals surface area contributed by atoms with Crippen molar-refractivity contribution in [3.05, 3.63) is 0 Å². The maximum Gasteiger partial charge on any atom is 0.294 e. The molecule has 2 nitrogen and oxygen atoms in total. The second-order valence-corrected chi connectivity index (χ2v) is 31.0. The van der Waals surface area contributed by atoms with Crippen molar-refractivity contribution in [1.29, 1.82) is 0 Å². The third kappa shape index (κ3) is 2.33. The second-order valence-electron chi connectivity index (χ2n) is 5.52. The molecule has 0 atom stereocenters. The van der Waals surface area contributed by atoms with Gasteiger partial charge in [0.15, 0.2) is 0 Å². The van der Waals surface area contributed by atoms with E-state index in [1.54, 1.807) is 0 Å². The van der Waals surface area contributed by atoms with Crippen LogP contribution in [0.15, 0.2) is 0 Å². The normalized spacial score (nSPS) is 14.8. The molecule has 0 radical (unpaired) electrons. The van der Waals surface area contributed by atoms with Crippen molar-refractivity contribution in [1.82, 2.24) is 0 Å². The molecule has 0 N–H and O–H groups in total. The van der Waals surface area contributed by atoms with Gasteiger partial charge >= 0.3 is 0 Å². The summed E-state index contributed by atoms with van der Waals surface area (Å²) in [6.45, 7) is 14.2. The molecule has 80 valence electrons. The predicted molar refractivity (Wildman–Crippen MR) is 66.5 cm³/mol. The highest BCUT2D eigenvalue weighted by atomic mass is 29.7. The summed E-state index contributed by atoms with van der Waals surface area (Å²) in [6.07, 6.45) is 0. The van der Waals surface area contributed by atoms with Crippen molar-refractivity contribution in [2.75, 3.05) is 14.2 Å². The molecule has 0 saturated heterocycles. The predicted octanol–water partition coefficient (Wildman–Crippen LogP) is 2.55. The van der Waals surface area contributed by atoms with Crippen LogP contribution in [0.25, 0.3) is 0 Å². The maximum absolute atomic E-state index is 5.86. The van der Waals surface area contributed by atoms with Gasteiger partial charge in [0.1, 0.15) is 15.2 Å². The van der Waals surface area contributed by atoms with Crippen molar-refractivity contribution in [2.24, 2.45) is 0 Å². The third-order valence-electron chi connectivity index (χ3n) is 2.55. The van der Waals surface area contributed by atoms with Crippen LogP contribution in [0.5, 0.6) is 0 Å². The Morgan fingerprint density at radius 3 is 0.846 bits per heavy atom. The Bertz CT molecular complexity index is 149.